The minimum absolute atomic E-state index is 0.0814. The second kappa shape index (κ2) is 3.85. The molecule has 0 aliphatic carbocycles. The van der Waals surface area contributed by atoms with Crippen LogP contribution in [0.4, 0.5) is 11.4 Å². The highest BCUT2D eigenvalue weighted by atomic mass is 16.2. The highest BCUT2D eigenvalue weighted by molar-refractivity contribution is 6.04. The van der Waals surface area contributed by atoms with Gasteiger partial charge in [0.1, 0.15) is 6.04 Å². The molecule has 0 spiro atoms. The van der Waals surface area contributed by atoms with E-state index in [2.05, 4.69) is 28.4 Å². The van der Waals surface area contributed by atoms with E-state index in [9.17, 15) is 4.79 Å². The molecule has 1 N–H and O–H groups in total. The molecule has 3 nitrogen and oxygen atoms in total. The molecule has 2 heterocycles. The van der Waals surface area contributed by atoms with Gasteiger partial charge in [0.2, 0.25) is 0 Å². The van der Waals surface area contributed by atoms with Crippen LogP contribution in [0, 0.1) is 0 Å². The van der Waals surface area contributed by atoms with E-state index in [1.165, 1.54) is 11.3 Å². The van der Waals surface area contributed by atoms with Gasteiger partial charge in [0, 0.05) is 23.5 Å². The molecular formula is C16H14N2O. The summed E-state index contributed by atoms with van der Waals surface area (Å²) < 4.78 is 0. The van der Waals surface area contributed by atoms with E-state index in [1.54, 1.807) is 0 Å². The number of carbonyl (C=O) groups excluding carboxylic acids is 1. The largest absolute Gasteiger partial charge is 0.355 e. The Morgan fingerprint density at radius 3 is 2.79 bits per heavy atom. The van der Waals surface area contributed by atoms with Gasteiger partial charge in [-0.1, -0.05) is 36.4 Å². The standard InChI is InChI=1S/C16H14N2O/c19-16-15(12-6-2-3-7-13(12)17-16)18-10-9-11-5-1-4-8-14(11)18/h1-8,15H,9-10H2,(H,17,19). The van der Waals surface area contributed by atoms with Crippen LogP contribution in [0.2, 0.25) is 0 Å². The summed E-state index contributed by atoms with van der Waals surface area (Å²) in [6, 6.07) is 16.1. The van der Waals surface area contributed by atoms with Crippen LogP contribution in [0.25, 0.3) is 0 Å². The highest BCUT2D eigenvalue weighted by Crippen LogP contribution is 2.40. The lowest BCUT2D eigenvalue weighted by Crippen LogP contribution is -2.31. The normalized spacial score (nSPS) is 20.1. The van der Waals surface area contributed by atoms with Crippen LogP contribution in [0.3, 0.4) is 0 Å². The monoisotopic (exact) mass is 250 g/mol. The molecule has 94 valence electrons. The molecule has 2 aromatic rings. The average molecular weight is 250 g/mol. The number of para-hydroxylation sites is 2. The molecular weight excluding hydrogens is 236 g/mol. The second-order valence-corrected chi connectivity index (χ2v) is 5.05. The van der Waals surface area contributed by atoms with Gasteiger partial charge in [-0.05, 0) is 24.1 Å². The zero-order valence-corrected chi connectivity index (χ0v) is 10.5. The molecule has 3 heteroatoms. The predicted molar refractivity (Wildman–Crippen MR) is 75.3 cm³/mol. The van der Waals surface area contributed by atoms with Crippen molar-refractivity contribution in [3.63, 3.8) is 0 Å². The number of anilines is 2. The van der Waals surface area contributed by atoms with Crippen molar-refractivity contribution in [2.75, 3.05) is 16.8 Å². The quantitative estimate of drug-likeness (QED) is 0.844. The van der Waals surface area contributed by atoms with Crippen molar-refractivity contribution in [3.8, 4) is 0 Å². The summed E-state index contributed by atoms with van der Waals surface area (Å²) in [5.41, 5.74) is 4.56. The van der Waals surface area contributed by atoms with Gasteiger partial charge in [0.05, 0.1) is 0 Å². The lowest BCUT2D eigenvalue weighted by atomic mass is 10.1. The molecule has 0 saturated heterocycles. The Labute approximate surface area is 111 Å². The lowest BCUT2D eigenvalue weighted by Gasteiger charge is -2.25. The molecule has 19 heavy (non-hydrogen) atoms. The maximum atomic E-state index is 12.3. The summed E-state index contributed by atoms with van der Waals surface area (Å²) in [4.78, 5) is 14.5. The topological polar surface area (TPSA) is 32.3 Å². The van der Waals surface area contributed by atoms with Gasteiger partial charge in [-0.25, -0.2) is 0 Å². The first-order valence-corrected chi connectivity index (χ1v) is 6.59. The molecule has 1 unspecified atom stereocenters. The lowest BCUT2D eigenvalue weighted by molar-refractivity contribution is -0.117. The van der Waals surface area contributed by atoms with Crippen molar-refractivity contribution in [2.24, 2.45) is 0 Å². The summed E-state index contributed by atoms with van der Waals surface area (Å²) in [5, 5.41) is 2.97. The summed E-state index contributed by atoms with van der Waals surface area (Å²) >= 11 is 0. The molecule has 0 fully saturated rings. The van der Waals surface area contributed by atoms with Crippen LogP contribution >= 0.6 is 0 Å². The predicted octanol–water partition coefficient (Wildman–Crippen LogP) is 2.74. The van der Waals surface area contributed by atoms with E-state index in [4.69, 9.17) is 0 Å². The van der Waals surface area contributed by atoms with Gasteiger partial charge in [0.15, 0.2) is 0 Å². The summed E-state index contributed by atoms with van der Waals surface area (Å²) in [6.45, 7) is 0.908. The maximum Gasteiger partial charge on any atom is 0.251 e. The van der Waals surface area contributed by atoms with Crippen molar-refractivity contribution in [3.05, 3.63) is 59.7 Å². The average Bonchev–Trinajstić information content (AvgIpc) is 2.98. The summed E-state index contributed by atoms with van der Waals surface area (Å²) in [7, 11) is 0. The Morgan fingerprint density at radius 2 is 1.84 bits per heavy atom. The fraction of sp³-hybridized carbons (Fsp3) is 0.188. The van der Waals surface area contributed by atoms with Crippen molar-refractivity contribution in [1.82, 2.24) is 0 Å². The van der Waals surface area contributed by atoms with E-state index >= 15 is 0 Å². The molecule has 2 aromatic carbocycles. The van der Waals surface area contributed by atoms with Crippen LogP contribution in [-0.2, 0) is 11.2 Å². The third kappa shape index (κ3) is 1.48. The molecule has 0 bridgehead atoms. The molecule has 0 saturated carbocycles. The number of hydrogen-bond acceptors (Lipinski definition) is 2. The number of nitrogens with zero attached hydrogens (tertiary/aromatic N) is 1. The van der Waals surface area contributed by atoms with E-state index < -0.39 is 0 Å². The van der Waals surface area contributed by atoms with Gasteiger partial charge < -0.3 is 10.2 Å². The van der Waals surface area contributed by atoms with Crippen molar-refractivity contribution in [2.45, 2.75) is 12.5 Å². The molecule has 2 aliphatic rings. The number of fused-ring (bicyclic) bond motifs is 2. The fourth-order valence-corrected chi connectivity index (χ4v) is 3.13. The Hall–Kier alpha value is -2.29. The zero-order chi connectivity index (χ0) is 12.8. The van der Waals surface area contributed by atoms with Crippen LogP contribution in [0.5, 0.6) is 0 Å². The first-order chi connectivity index (χ1) is 9.34. The van der Waals surface area contributed by atoms with Crippen LogP contribution in [0.15, 0.2) is 48.5 Å². The highest BCUT2D eigenvalue weighted by Gasteiger charge is 2.37. The molecule has 2 aliphatic heterocycles. The maximum absolute atomic E-state index is 12.3. The molecule has 0 radical (unpaired) electrons. The van der Waals surface area contributed by atoms with E-state index in [1.807, 2.05) is 30.3 Å². The number of rotatable bonds is 1. The van der Waals surface area contributed by atoms with E-state index in [0.717, 1.165) is 24.2 Å². The van der Waals surface area contributed by atoms with Crippen LogP contribution in [-0.4, -0.2) is 12.5 Å². The van der Waals surface area contributed by atoms with Gasteiger partial charge in [-0.2, -0.15) is 0 Å². The SMILES string of the molecule is O=C1Nc2ccccc2C1N1CCc2ccccc21. The van der Waals surface area contributed by atoms with Gasteiger partial charge >= 0.3 is 0 Å². The molecule has 1 amide bonds. The zero-order valence-electron chi connectivity index (χ0n) is 10.5. The minimum Gasteiger partial charge on any atom is -0.355 e. The number of carbonyl (C=O) groups is 1. The summed E-state index contributed by atoms with van der Waals surface area (Å²) in [6.07, 6.45) is 1.02. The number of benzene rings is 2. The minimum atomic E-state index is -0.181. The molecule has 4 rings (SSSR count). The number of hydrogen-bond donors (Lipinski definition) is 1. The van der Waals surface area contributed by atoms with Crippen LogP contribution < -0.4 is 10.2 Å². The Kier molecular flexibility index (Phi) is 2.15. The number of nitrogens with one attached hydrogen (secondary N) is 1. The molecule has 0 aromatic heterocycles. The van der Waals surface area contributed by atoms with Gasteiger partial charge in [-0.15, -0.1) is 0 Å². The van der Waals surface area contributed by atoms with Gasteiger partial charge in [0.25, 0.3) is 5.91 Å². The molecule has 1 atom stereocenters. The Bertz CT molecular complexity index is 665. The van der Waals surface area contributed by atoms with E-state index in [-0.39, 0.29) is 11.9 Å². The smallest absolute Gasteiger partial charge is 0.251 e. The second-order valence-electron chi connectivity index (χ2n) is 5.05. The van der Waals surface area contributed by atoms with Crippen molar-refractivity contribution in [1.29, 1.82) is 0 Å². The van der Waals surface area contributed by atoms with Gasteiger partial charge in [-0.3, -0.25) is 4.79 Å². The third-order valence-corrected chi connectivity index (χ3v) is 4.00. The van der Waals surface area contributed by atoms with Crippen molar-refractivity contribution < 1.29 is 4.79 Å². The third-order valence-electron chi connectivity index (χ3n) is 4.00. The number of amides is 1. The Morgan fingerprint density at radius 1 is 1.05 bits per heavy atom. The first-order valence-electron chi connectivity index (χ1n) is 6.59. The fourth-order valence-electron chi connectivity index (χ4n) is 3.13. The van der Waals surface area contributed by atoms with Crippen molar-refractivity contribution >= 4 is 17.3 Å². The van der Waals surface area contributed by atoms with Crippen LogP contribution in [0.1, 0.15) is 17.2 Å². The van der Waals surface area contributed by atoms with E-state index in [0.29, 0.717) is 0 Å². The summed E-state index contributed by atoms with van der Waals surface area (Å²) in [5.74, 6) is 0.0814. The first kappa shape index (κ1) is 10.6. The Balaban J connectivity index is 1.81.